The normalized spacial score (nSPS) is 11.9. The fourth-order valence-electron chi connectivity index (χ4n) is 1.88. The molecule has 0 spiro atoms. The van der Waals surface area contributed by atoms with Crippen LogP contribution in [0.15, 0.2) is 30.3 Å². The number of nitrogens with zero attached hydrogens (tertiary/aromatic N) is 1. The van der Waals surface area contributed by atoms with Crippen LogP contribution in [-0.2, 0) is 0 Å². The summed E-state index contributed by atoms with van der Waals surface area (Å²) in [6.45, 7) is 0. The third-order valence-electron chi connectivity index (χ3n) is 2.80. The Hall–Kier alpha value is -1.11. The van der Waals surface area contributed by atoms with Crippen LogP contribution >= 0.6 is 46.4 Å². The molecule has 0 aliphatic carbocycles. The van der Waals surface area contributed by atoms with Gasteiger partial charge in [-0.3, -0.25) is 0 Å². The van der Waals surface area contributed by atoms with Crippen LogP contribution in [0.4, 0.5) is 5.69 Å². The molecular formula is C14H8Cl4N2. The first-order chi connectivity index (χ1) is 9.43. The summed E-state index contributed by atoms with van der Waals surface area (Å²) in [5.41, 5.74) is 7.27. The molecule has 0 saturated heterocycles. The SMILES string of the molecule is N#CC(c1ccc(Cl)c(Cl)c1)c1c(Cl)cc(N)cc1Cl. The average Bonchev–Trinajstić information content (AvgIpc) is 2.37. The van der Waals surface area contributed by atoms with Gasteiger partial charge in [0.1, 0.15) is 0 Å². The van der Waals surface area contributed by atoms with E-state index in [0.717, 1.165) is 0 Å². The Balaban J connectivity index is 2.59. The number of benzene rings is 2. The van der Waals surface area contributed by atoms with E-state index in [4.69, 9.17) is 52.1 Å². The molecule has 2 aromatic rings. The van der Waals surface area contributed by atoms with Crippen molar-refractivity contribution in [3.8, 4) is 6.07 Å². The summed E-state index contributed by atoms with van der Waals surface area (Å²) in [5, 5.41) is 10.9. The van der Waals surface area contributed by atoms with Crippen molar-refractivity contribution in [1.82, 2.24) is 0 Å². The maximum Gasteiger partial charge on any atom is 0.0992 e. The number of rotatable bonds is 2. The number of halogens is 4. The van der Waals surface area contributed by atoms with Crippen molar-refractivity contribution in [2.75, 3.05) is 5.73 Å². The van der Waals surface area contributed by atoms with Crippen LogP contribution in [0.25, 0.3) is 0 Å². The lowest BCUT2D eigenvalue weighted by molar-refractivity contribution is 1.04. The zero-order valence-corrected chi connectivity index (χ0v) is 13.0. The van der Waals surface area contributed by atoms with Gasteiger partial charge in [0, 0.05) is 21.3 Å². The minimum Gasteiger partial charge on any atom is -0.399 e. The summed E-state index contributed by atoms with van der Waals surface area (Å²) in [6.07, 6.45) is 0. The molecule has 0 fully saturated rings. The van der Waals surface area contributed by atoms with Gasteiger partial charge in [-0.15, -0.1) is 0 Å². The van der Waals surface area contributed by atoms with E-state index in [1.807, 2.05) is 0 Å². The largest absolute Gasteiger partial charge is 0.399 e. The predicted octanol–water partition coefficient (Wildman–Crippen LogP) is 5.54. The highest BCUT2D eigenvalue weighted by Crippen LogP contribution is 2.38. The molecule has 0 bridgehead atoms. The summed E-state index contributed by atoms with van der Waals surface area (Å²) in [5.74, 6) is -0.648. The number of nitrogen functional groups attached to an aromatic ring is 1. The van der Waals surface area contributed by atoms with Gasteiger partial charge in [-0.05, 0) is 29.8 Å². The lowest BCUT2D eigenvalue weighted by Gasteiger charge is -2.15. The van der Waals surface area contributed by atoms with Crippen LogP contribution in [-0.4, -0.2) is 0 Å². The van der Waals surface area contributed by atoms with Crippen LogP contribution in [0.5, 0.6) is 0 Å². The van der Waals surface area contributed by atoms with Crippen molar-refractivity contribution in [1.29, 1.82) is 5.26 Å². The molecule has 1 unspecified atom stereocenters. The van der Waals surface area contributed by atoms with Gasteiger partial charge in [0.25, 0.3) is 0 Å². The van der Waals surface area contributed by atoms with E-state index in [-0.39, 0.29) is 0 Å². The molecule has 20 heavy (non-hydrogen) atoms. The molecular weight excluding hydrogens is 338 g/mol. The quantitative estimate of drug-likeness (QED) is 0.726. The highest BCUT2D eigenvalue weighted by atomic mass is 35.5. The predicted molar refractivity (Wildman–Crippen MR) is 84.8 cm³/mol. The summed E-state index contributed by atoms with van der Waals surface area (Å²) >= 11 is 24.2. The minimum atomic E-state index is -0.648. The summed E-state index contributed by atoms with van der Waals surface area (Å²) in [4.78, 5) is 0. The Bertz CT molecular complexity index is 684. The molecule has 2 nitrogen and oxygen atoms in total. The van der Waals surface area contributed by atoms with E-state index >= 15 is 0 Å². The molecule has 0 amide bonds. The van der Waals surface area contributed by atoms with Crippen molar-refractivity contribution in [2.24, 2.45) is 0 Å². The molecule has 102 valence electrons. The molecule has 0 saturated carbocycles. The smallest absolute Gasteiger partial charge is 0.0992 e. The van der Waals surface area contributed by atoms with Crippen molar-refractivity contribution in [3.05, 3.63) is 61.5 Å². The molecule has 6 heteroatoms. The zero-order chi connectivity index (χ0) is 14.9. The molecule has 0 heterocycles. The van der Waals surface area contributed by atoms with Crippen molar-refractivity contribution >= 4 is 52.1 Å². The van der Waals surface area contributed by atoms with Gasteiger partial charge < -0.3 is 5.73 Å². The van der Waals surface area contributed by atoms with Gasteiger partial charge in [0.05, 0.1) is 22.0 Å². The van der Waals surface area contributed by atoms with E-state index < -0.39 is 5.92 Å². The van der Waals surface area contributed by atoms with E-state index in [0.29, 0.717) is 36.9 Å². The molecule has 0 aliphatic rings. The van der Waals surface area contributed by atoms with Gasteiger partial charge in [0.15, 0.2) is 0 Å². The second kappa shape index (κ2) is 6.11. The maximum atomic E-state index is 9.44. The second-order valence-electron chi connectivity index (χ2n) is 4.13. The third-order valence-corrected chi connectivity index (χ3v) is 4.16. The Labute approximate surface area is 136 Å². The number of hydrogen-bond acceptors (Lipinski definition) is 2. The molecule has 2 aromatic carbocycles. The molecule has 0 radical (unpaired) electrons. The van der Waals surface area contributed by atoms with Crippen LogP contribution in [0, 0.1) is 11.3 Å². The number of nitriles is 1. The number of anilines is 1. The molecule has 1 atom stereocenters. The monoisotopic (exact) mass is 344 g/mol. The fraction of sp³-hybridized carbons (Fsp3) is 0.0714. The van der Waals surface area contributed by atoms with Gasteiger partial charge in [-0.1, -0.05) is 52.5 Å². The van der Waals surface area contributed by atoms with E-state index in [1.165, 1.54) is 0 Å². The van der Waals surface area contributed by atoms with Gasteiger partial charge in [-0.2, -0.15) is 5.26 Å². The van der Waals surface area contributed by atoms with Crippen molar-refractivity contribution in [3.63, 3.8) is 0 Å². The van der Waals surface area contributed by atoms with Crippen LogP contribution in [0.3, 0.4) is 0 Å². The molecule has 2 rings (SSSR count). The first-order valence-corrected chi connectivity index (χ1v) is 7.04. The Morgan fingerprint density at radius 2 is 1.50 bits per heavy atom. The first kappa shape index (κ1) is 15.3. The maximum absolute atomic E-state index is 9.44. The van der Waals surface area contributed by atoms with Crippen molar-refractivity contribution in [2.45, 2.75) is 5.92 Å². The van der Waals surface area contributed by atoms with Gasteiger partial charge in [0.2, 0.25) is 0 Å². The van der Waals surface area contributed by atoms with Crippen LogP contribution in [0.1, 0.15) is 17.0 Å². The zero-order valence-electron chi connectivity index (χ0n) is 10.0. The van der Waals surface area contributed by atoms with Gasteiger partial charge in [-0.25, -0.2) is 0 Å². The summed E-state index contributed by atoms with van der Waals surface area (Å²) in [7, 11) is 0. The average molecular weight is 346 g/mol. The standard InChI is InChI=1S/C14H8Cl4N2/c15-10-2-1-7(3-11(10)16)9(6-19)14-12(17)4-8(20)5-13(14)18/h1-5,9H,20H2. The lowest BCUT2D eigenvalue weighted by atomic mass is 9.92. The minimum absolute atomic E-state index is 0.340. The summed E-state index contributed by atoms with van der Waals surface area (Å²) in [6, 6.07) is 10.3. The third kappa shape index (κ3) is 2.97. The van der Waals surface area contributed by atoms with E-state index in [2.05, 4.69) is 6.07 Å². The number of nitrogens with two attached hydrogens (primary N) is 1. The molecule has 2 N–H and O–H groups in total. The van der Waals surface area contributed by atoms with Crippen LogP contribution < -0.4 is 5.73 Å². The topological polar surface area (TPSA) is 49.8 Å². The fourth-order valence-corrected chi connectivity index (χ4v) is 2.91. The second-order valence-corrected chi connectivity index (χ2v) is 5.76. The summed E-state index contributed by atoms with van der Waals surface area (Å²) < 4.78 is 0. The van der Waals surface area contributed by atoms with Gasteiger partial charge >= 0.3 is 0 Å². The highest BCUT2D eigenvalue weighted by molar-refractivity contribution is 6.42. The first-order valence-electron chi connectivity index (χ1n) is 5.53. The Morgan fingerprint density at radius 3 is 2.00 bits per heavy atom. The van der Waals surface area contributed by atoms with E-state index in [1.54, 1.807) is 30.3 Å². The Morgan fingerprint density at radius 1 is 0.900 bits per heavy atom. The molecule has 0 aliphatic heterocycles. The number of hydrogen-bond donors (Lipinski definition) is 1. The molecule has 0 aromatic heterocycles. The lowest BCUT2D eigenvalue weighted by Crippen LogP contribution is -2.01. The van der Waals surface area contributed by atoms with E-state index in [9.17, 15) is 5.26 Å². The highest BCUT2D eigenvalue weighted by Gasteiger charge is 2.21. The Kier molecular flexibility index (Phi) is 4.67. The van der Waals surface area contributed by atoms with Crippen molar-refractivity contribution < 1.29 is 0 Å². The van der Waals surface area contributed by atoms with Crippen LogP contribution in [0.2, 0.25) is 20.1 Å².